The molecule has 1 unspecified atom stereocenters. The van der Waals surface area contributed by atoms with Crippen molar-refractivity contribution < 1.29 is 14.6 Å². The molecule has 3 heteroatoms. The van der Waals surface area contributed by atoms with E-state index >= 15 is 0 Å². The lowest BCUT2D eigenvalue weighted by molar-refractivity contribution is -0.114. The molecular formula is C19H26O3. The monoisotopic (exact) mass is 302 g/mol. The SMILES string of the molecule is COc1ccc(CCC2CC/C=C/C(=O)CCCC2)c(O)c1. The van der Waals surface area contributed by atoms with Gasteiger partial charge in [0.25, 0.3) is 0 Å². The van der Waals surface area contributed by atoms with Gasteiger partial charge in [0.15, 0.2) is 5.78 Å². The second kappa shape index (κ2) is 8.62. The molecule has 0 saturated carbocycles. The number of carbonyl (C=O) groups is 1. The molecule has 0 aliphatic heterocycles. The Morgan fingerprint density at radius 2 is 2.14 bits per heavy atom. The maximum Gasteiger partial charge on any atom is 0.155 e. The number of hydrogen-bond acceptors (Lipinski definition) is 3. The molecule has 1 aromatic carbocycles. The van der Waals surface area contributed by atoms with Gasteiger partial charge in [-0.3, -0.25) is 4.79 Å². The molecule has 120 valence electrons. The van der Waals surface area contributed by atoms with E-state index in [0.29, 0.717) is 23.8 Å². The van der Waals surface area contributed by atoms with Crippen molar-refractivity contribution in [1.82, 2.24) is 0 Å². The Balaban J connectivity index is 1.89. The first kappa shape index (κ1) is 16.6. The lowest BCUT2D eigenvalue weighted by atomic mass is 9.89. The molecule has 1 aromatic rings. The minimum atomic E-state index is 0.265. The van der Waals surface area contributed by atoms with Gasteiger partial charge in [-0.2, -0.15) is 0 Å². The Morgan fingerprint density at radius 3 is 2.91 bits per heavy atom. The second-order valence-corrected chi connectivity index (χ2v) is 6.09. The van der Waals surface area contributed by atoms with Gasteiger partial charge < -0.3 is 9.84 Å². The van der Waals surface area contributed by atoms with E-state index in [1.807, 2.05) is 18.2 Å². The summed E-state index contributed by atoms with van der Waals surface area (Å²) in [7, 11) is 1.60. The van der Waals surface area contributed by atoms with Crippen LogP contribution in [-0.4, -0.2) is 18.0 Å². The van der Waals surface area contributed by atoms with Gasteiger partial charge in [-0.15, -0.1) is 0 Å². The van der Waals surface area contributed by atoms with Gasteiger partial charge in [0.2, 0.25) is 0 Å². The topological polar surface area (TPSA) is 46.5 Å². The number of ether oxygens (including phenoxy) is 1. The molecule has 2 rings (SSSR count). The van der Waals surface area contributed by atoms with Crippen LogP contribution in [0.15, 0.2) is 30.4 Å². The van der Waals surface area contributed by atoms with Crippen LogP contribution in [0.5, 0.6) is 11.5 Å². The van der Waals surface area contributed by atoms with Gasteiger partial charge in [-0.25, -0.2) is 0 Å². The van der Waals surface area contributed by atoms with Gasteiger partial charge in [-0.1, -0.05) is 25.0 Å². The van der Waals surface area contributed by atoms with E-state index in [-0.39, 0.29) is 5.78 Å². The van der Waals surface area contributed by atoms with E-state index in [0.717, 1.165) is 44.1 Å². The number of methoxy groups -OCH3 is 1. The average molecular weight is 302 g/mol. The maximum absolute atomic E-state index is 11.5. The van der Waals surface area contributed by atoms with E-state index < -0.39 is 0 Å². The molecule has 1 aliphatic rings. The molecule has 1 aliphatic carbocycles. The third-order valence-electron chi connectivity index (χ3n) is 4.45. The van der Waals surface area contributed by atoms with Crippen LogP contribution in [0.4, 0.5) is 0 Å². The number of phenols is 1. The third-order valence-corrected chi connectivity index (χ3v) is 4.45. The van der Waals surface area contributed by atoms with Crippen molar-refractivity contribution in [2.24, 2.45) is 5.92 Å². The molecule has 0 spiro atoms. The van der Waals surface area contributed by atoms with E-state index in [2.05, 4.69) is 0 Å². The fraction of sp³-hybridized carbons (Fsp3) is 0.526. The number of benzene rings is 1. The van der Waals surface area contributed by atoms with Crippen LogP contribution < -0.4 is 4.74 Å². The highest BCUT2D eigenvalue weighted by Gasteiger charge is 2.12. The van der Waals surface area contributed by atoms with Crippen molar-refractivity contribution in [2.75, 3.05) is 7.11 Å². The smallest absolute Gasteiger partial charge is 0.155 e. The molecule has 1 atom stereocenters. The third kappa shape index (κ3) is 5.21. The molecule has 1 N–H and O–H groups in total. The zero-order valence-electron chi connectivity index (χ0n) is 13.4. The Labute approximate surface area is 133 Å². The van der Waals surface area contributed by atoms with Crippen LogP contribution in [0, 0.1) is 5.92 Å². The summed E-state index contributed by atoms with van der Waals surface area (Å²) in [4.78, 5) is 11.5. The van der Waals surface area contributed by atoms with Crippen molar-refractivity contribution in [3.8, 4) is 11.5 Å². The highest BCUT2D eigenvalue weighted by atomic mass is 16.5. The van der Waals surface area contributed by atoms with E-state index in [9.17, 15) is 9.90 Å². The standard InChI is InChI=1S/C19H26O3/c1-22-18-13-12-16(19(21)14-18)11-10-15-6-2-4-8-17(20)9-5-3-7-15/h4,8,12-15,21H,2-3,5-7,9-11H2,1H3/b8-4+. The summed E-state index contributed by atoms with van der Waals surface area (Å²) < 4.78 is 5.11. The summed E-state index contributed by atoms with van der Waals surface area (Å²) >= 11 is 0. The van der Waals surface area contributed by atoms with E-state index in [1.54, 1.807) is 19.3 Å². The lowest BCUT2D eigenvalue weighted by Gasteiger charge is -2.17. The average Bonchev–Trinajstić information content (AvgIpc) is 2.53. The van der Waals surface area contributed by atoms with Crippen LogP contribution in [0.3, 0.4) is 0 Å². The van der Waals surface area contributed by atoms with Gasteiger partial charge in [0.05, 0.1) is 7.11 Å². The zero-order valence-corrected chi connectivity index (χ0v) is 13.4. The fourth-order valence-electron chi connectivity index (χ4n) is 3.04. The minimum absolute atomic E-state index is 0.265. The van der Waals surface area contributed by atoms with Gasteiger partial charge in [0, 0.05) is 12.5 Å². The zero-order chi connectivity index (χ0) is 15.8. The number of ketones is 1. The minimum Gasteiger partial charge on any atom is -0.508 e. The van der Waals surface area contributed by atoms with Crippen LogP contribution in [-0.2, 0) is 11.2 Å². The fourth-order valence-corrected chi connectivity index (χ4v) is 3.04. The van der Waals surface area contributed by atoms with E-state index in [4.69, 9.17) is 4.74 Å². The second-order valence-electron chi connectivity index (χ2n) is 6.09. The van der Waals surface area contributed by atoms with Crippen molar-refractivity contribution in [2.45, 2.75) is 51.4 Å². The number of aromatic hydroxyl groups is 1. The van der Waals surface area contributed by atoms with Crippen LogP contribution in [0.2, 0.25) is 0 Å². The molecule has 0 saturated heterocycles. The van der Waals surface area contributed by atoms with Crippen LogP contribution in [0.1, 0.15) is 50.5 Å². The number of aryl methyl sites for hydroxylation is 1. The van der Waals surface area contributed by atoms with Crippen molar-refractivity contribution in [3.05, 3.63) is 35.9 Å². The summed E-state index contributed by atoms with van der Waals surface area (Å²) in [6.07, 6.45) is 11.8. The molecule has 0 bridgehead atoms. The lowest BCUT2D eigenvalue weighted by Crippen LogP contribution is -2.05. The Bertz CT molecular complexity index is 519. The van der Waals surface area contributed by atoms with Crippen molar-refractivity contribution in [3.63, 3.8) is 0 Å². The van der Waals surface area contributed by atoms with Gasteiger partial charge in [0.1, 0.15) is 11.5 Å². The number of carbonyl (C=O) groups excluding carboxylic acids is 1. The first-order valence-electron chi connectivity index (χ1n) is 8.24. The highest BCUT2D eigenvalue weighted by molar-refractivity contribution is 5.89. The van der Waals surface area contributed by atoms with Crippen molar-refractivity contribution >= 4 is 5.78 Å². The number of allylic oxidation sites excluding steroid dienone is 2. The molecule has 0 amide bonds. The molecule has 22 heavy (non-hydrogen) atoms. The van der Waals surface area contributed by atoms with Gasteiger partial charge >= 0.3 is 0 Å². The molecule has 3 nitrogen and oxygen atoms in total. The highest BCUT2D eigenvalue weighted by Crippen LogP contribution is 2.28. The Hall–Kier alpha value is -1.77. The predicted molar refractivity (Wildman–Crippen MR) is 88.3 cm³/mol. The maximum atomic E-state index is 11.5. The molecule has 0 aromatic heterocycles. The number of hydrogen-bond donors (Lipinski definition) is 1. The van der Waals surface area contributed by atoms with Crippen LogP contribution >= 0.6 is 0 Å². The number of rotatable bonds is 4. The Kier molecular flexibility index (Phi) is 6.50. The normalized spacial score (nSPS) is 21.3. The quantitative estimate of drug-likeness (QED) is 0.895. The molecule has 0 heterocycles. The number of phenolic OH excluding ortho intramolecular Hbond substituents is 1. The Morgan fingerprint density at radius 1 is 1.27 bits per heavy atom. The molecular weight excluding hydrogens is 276 g/mol. The molecule has 0 fully saturated rings. The summed E-state index contributed by atoms with van der Waals surface area (Å²) in [5, 5.41) is 10.0. The first-order valence-corrected chi connectivity index (χ1v) is 8.24. The van der Waals surface area contributed by atoms with Gasteiger partial charge in [-0.05, 0) is 55.7 Å². The largest absolute Gasteiger partial charge is 0.508 e. The van der Waals surface area contributed by atoms with Crippen LogP contribution in [0.25, 0.3) is 0 Å². The predicted octanol–water partition coefficient (Wildman–Crippen LogP) is 4.43. The first-order chi connectivity index (χ1) is 10.7. The summed E-state index contributed by atoms with van der Waals surface area (Å²) in [5.74, 6) is 1.94. The summed E-state index contributed by atoms with van der Waals surface area (Å²) in [6.45, 7) is 0. The summed E-state index contributed by atoms with van der Waals surface area (Å²) in [6, 6.07) is 5.53. The molecule has 0 radical (unpaired) electrons. The van der Waals surface area contributed by atoms with E-state index in [1.165, 1.54) is 6.42 Å². The van der Waals surface area contributed by atoms with Crippen molar-refractivity contribution in [1.29, 1.82) is 0 Å². The summed E-state index contributed by atoms with van der Waals surface area (Å²) in [5.41, 5.74) is 0.989.